The van der Waals surface area contributed by atoms with Gasteiger partial charge in [-0.25, -0.2) is 0 Å². The van der Waals surface area contributed by atoms with Gasteiger partial charge in [0.25, 0.3) is 0 Å². The van der Waals surface area contributed by atoms with Crippen molar-refractivity contribution in [3.05, 3.63) is 48.0 Å². The zero-order valence-corrected chi connectivity index (χ0v) is 13.8. The van der Waals surface area contributed by atoms with E-state index >= 15 is 0 Å². The number of hydrogen-bond donors (Lipinski definition) is 2. The Balaban J connectivity index is 2.12. The van der Waals surface area contributed by atoms with E-state index in [0.29, 0.717) is 11.7 Å². The largest absolute Gasteiger partial charge is 0.495 e. The van der Waals surface area contributed by atoms with Crippen molar-refractivity contribution in [3.8, 4) is 11.5 Å². The van der Waals surface area contributed by atoms with Crippen molar-refractivity contribution in [3.63, 3.8) is 0 Å². The van der Waals surface area contributed by atoms with Crippen molar-refractivity contribution in [2.45, 2.75) is 13.8 Å². The fourth-order valence-electron chi connectivity index (χ4n) is 2.05. The Hall–Kier alpha value is -2.27. The quantitative estimate of drug-likeness (QED) is 0.809. The minimum absolute atomic E-state index is 0.482. The Labute approximate surface area is 136 Å². The topological polar surface area (TPSA) is 42.5 Å². The molecule has 2 rings (SSSR count). The van der Waals surface area contributed by atoms with Crippen LogP contribution in [-0.4, -0.2) is 18.8 Å². The van der Waals surface area contributed by atoms with Crippen LogP contribution in [0.3, 0.4) is 0 Å². The van der Waals surface area contributed by atoms with Gasteiger partial charge in [0.05, 0.1) is 25.1 Å². The number of nitrogens with one attached hydrogen (secondary N) is 2. The summed E-state index contributed by atoms with van der Waals surface area (Å²) in [6, 6.07) is 13.6. The molecule has 0 saturated heterocycles. The van der Waals surface area contributed by atoms with Crippen LogP contribution in [0.25, 0.3) is 0 Å². The Kier molecular flexibility index (Phi) is 5.61. The molecule has 2 aromatic rings. The molecule has 0 amide bonds. The molecule has 0 spiro atoms. The van der Waals surface area contributed by atoms with Crippen molar-refractivity contribution in [2.75, 3.05) is 24.4 Å². The molecule has 22 heavy (non-hydrogen) atoms. The fourth-order valence-corrected chi connectivity index (χ4v) is 2.27. The molecule has 2 aromatic carbocycles. The summed E-state index contributed by atoms with van der Waals surface area (Å²) in [7, 11) is 1.64. The maximum atomic E-state index is 5.58. The molecule has 0 atom stereocenters. The smallest absolute Gasteiger partial charge is 0.175 e. The van der Waals surface area contributed by atoms with Crippen molar-refractivity contribution in [1.29, 1.82) is 0 Å². The van der Waals surface area contributed by atoms with Gasteiger partial charge in [-0.1, -0.05) is 18.2 Å². The van der Waals surface area contributed by atoms with Gasteiger partial charge in [-0.05, 0) is 55.9 Å². The summed E-state index contributed by atoms with van der Waals surface area (Å²) in [5.41, 5.74) is 2.78. The Morgan fingerprint density at radius 1 is 1.05 bits per heavy atom. The van der Waals surface area contributed by atoms with Gasteiger partial charge in [0.1, 0.15) is 11.5 Å². The average molecular weight is 316 g/mol. The lowest BCUT2D eigenvalue weighted by atomic mass is 10.2. The second-order valence-corrected chi connectivity index (χ2v) is 5.12. The van der Waals surface area contributed by atoms with E-state index in [2.05, 4.69) is 10.6 Å². The van der Waals surface area contributed by atoms with Crippen molar-refractivity contribution in [2.24, 2.45) is 0 Å². The minimum atomic E-state index is 0.482. The van der Waals surface area contributed by atoms with Gasteiger partial charge in [-0.3, -0.25) is 0 Å². The number of methoxy groups -OCH3 is 1. The average Bonchev–Trinajstić information content (AvgIpc) is 2.50. The number of aryl methyl sites for hydroxylation is 1. The number of thiocarbonyl (C=S) groups is 1. The van der Waals surface area contributed by atoms with E-state index in [9.17, 15) is 0 Å². The van der Waals surface area contributed by atoms with E-state index in [-0.39, 0.29) is 0 Å². The zero-order valence-electron chi connectivity index (χ0n) is 13.0. The van der Waals surface area contributed by atoms with E-state index < -0.39 is 0 Å². The predicted molar refractivity (Wildman–Crippen MR) is 95.2 cm³/mol. The molecular weight excluding hydrogens is 296 g/mol. The van der Waals surface area contributed by atoms with E-state index in [1.807, 2.05) is 56.3 Å². The zero-order chi connectivity index (χ0) is 15.9. The van der Waals surface area contributed by atoms with E-state index in [0.717, 1.165) is 28.4 Å². The molecule has 0 fully saturated rings. The third-order valence-corrected chi connectivity index (χ3v) is 3.24. The maximum Gasteiger partial charge on any atom is 0.175 e. The van der Waals surface area contributed by atoms with Crippen LogP contribution in [0, 0.1) is 6.92 Å². The summed E-state index contributed by atoms with van der Waals surface area (Å²) >= 11 is 5.38. The molecule has 0 aliphatic carbocycles. The third kappa shape index (κ3) is 4.11. The molecule has 0 unspecified atom stereocenters. The van der Waals surface area contributed by atoms with Crippen LogP contribution in [0.1, 0.15) is 12.5 Å². The lowest BCUT2D eigenvalue weighted by molar-refractivity contribution is 0.342. The van der Waals surface area contributed by atoms with Crippen LogP contribution >= 0.6 is 12.2 Å². The van der Waals surface area contributed by atoms with Gasteiger partial charge in [-0.2, -0.15) is 0 Å². The van der Waals surface area contributed by atoms with E-state index in [4.69, 9.17) is 21.7 Å². The third-order valence-electron chi connectivity index (χ3n) is 3.04. The molecule has 0 radical (unpaired) electrons. The van der Waals surface area contributed by atoms with Gasteiger partial charge in [0, 0.05) is 0 Å². The monoisotopic (exact) mass is 316 g/mol. The summed E-state index contributed by atoms with van der Waals surface area (Å²) < 4.78 is 10.9. The lowest BCUT2D eigenvalue weighted by Gasteiger charge is -2.16. The van der Waals surface area contributed by atoms with Crippen LogP contribution in [0.5, 0.6) is 11.5 Å². The van der Waals surface area contributed by atoms with Crippen molar-refractivity contribution < 1.29 is 9.47 Å². The summed E-state index contributed by atoms with van der Waals surface area (Å²) in [5, 5.41) is 6.80. The molecule has 0 aliphatic rings. The predicted octanol–water partition coefficient (Wildman–Crippen LogP) is 4.21. The number of rotatable bonds is 5. The van der Waals surface area contributed by atoms with E-state index in [1.54, 1.807) is 7.11 Å². The van der Waals surface area contributed by atoms with Gasteiger partial charge in [0.15, 0.2) is 5.11 Å². The SMILES string of the molecule is CCOc1ccccc1NC(=S)Nc1cc(C)ccc1OC. The number of hydrogen-bond acceptors (Lipinski definition) is 3. The van der Waals surface area contributed by atoms with Gasteiger partial charge >= 0.3 is 0 Å². The van der Waals surface area contributed by atoms with Gasteiger partial charge < -0.3 is 20.1 Å². The lowest BCUT2D eigenvalue weighted by Crippen LogP contribution is -2.20. The second-order valence-electron chi connectivity index (χ2n) is 4.71. The first-order valence-corrected chi connectivity index (χ1v) is 7.49. The Bertz CT molecular complexity index is 659. The summed E-state index contributed by atoms with van der Waals surface area (Å²) in [6.07, 6.45) is 0. The number of para-hydroxylation sites is 2. The molecule has 4 nitrogen and oxygen atoms in total. The highest BCUT2D eigenvalue weighted by Gasteiger charge is 2.08. The first-order valence-electron chi connectivity index (χ1n) is 7.08. The molecule has 5 heteroatoms. The molecule has 0 saturated carbocycles. The van der Waals surface area contributed by atoms with Crippen molar-refractivity contribution >= 4 is 28.7 Å². The fraction of sp³-hybridized carbons (Fsp3) is 0.235. The van der Waals surface area contributed by atoms with Crippen LogP contribution < -0.4 is 20.1 Å². The van der Waals surface area contributed by atoms with Crippen molar-refractivity contribution in [1.82, 2.24) is 0 Å². The van der Waals surface area contributed by atoms with Crippen LogP contribution in [0.4, 0.5) is 11.4 Å². The summed E-state index contributed by atoms with van der Waals surface area (Å²) in [6.45, 7) is 4.57. The first kappa shape index (κ1) is 16.1. The molecule has 2 N–H and O–H groups in total. The standard InChI is InChI=1S/C17H20N2O2S/c1-4-21-16-8-6-5-7-13(16)18-17(22)19-14-11-12(2)9-10-15(14)20-3/h5-11H,4H2,1-3H3,(H2,18,19,22). The van der Waals surface area contributed by atoms with E-state index in [1.165, 1.54) is 0 Å². The number of ether oxygens (including phenoxy) is 2. The molecule has 0 aliphatic heterocycles. The Morgan fingerprint density at radius 3 is 2.50 bits per heavy atom. The highest BCUT2D eigenvalue weighted by atomic mass is 32.1. The van der Waals surface area contributed by atoms with Gasteiger partial charge in [0.2, 0.25) is 0 Å². The maximum absolute atomic E-state index is 5.58. The molecule has 0 bridgehead atoms. The molecular formula is C17H20N2O2S. The summed E-state index contributed by atoms with van der Waals surface area (Å²) in [5.74, 6) is 1.51. The Morgan fingerprint density at radius 2 is 1.77 bits per heavy atom. The highest BCUT2D eigenvalue weighted by molar-refractivity contribution is 7.80. The molecule has 116 valence electrons. The van der Waals surface area contributed by atoms with Crippen LogP contribution in [0.15, 0.2) is 42.5 Å². The number of anilines is 2. The number of benzene rings is 2. The summed E-state index contributed by atoms with van der Waals surface area (Å²) in [4.78, 5) is 0. The van der Waals surface area contributed by atoms with Crippen LogP contribution in [-0.2, 0) is 0 Å². The highest BCUT2D eigenvalue weighted by Crippen LogP contribution is 2.27. The van der Waals surface area contributed by atoms with Crippen LogP contribution in [0.2, 0.25) is 0 Å². The molecule has 0 aromatic heterocycles. The van der Waals surface area contributed by atoms with Gasteiger partial charge in [-0.15, -0.1) is 0 Å². The normalized spacial score (nSPS) is 9.95. The second kappa shape index (κ2) is 7.66. The minimum Gasteiger partial charge on any atom is -0.495 e. The molecule has 0 heterocycles. The first-order chi connectivity index (χ1) is 10.6.